The van der Waals surface area contributed by atoms with Crippen LogP contribution in [0.15, 0.2) is 18.2 Å². The lowest BCUT2D eigenvalue weighted by molar-refractivity contribution is 0.0693. The number of para-hydroxylation sites is 1. The maximum atomic E-state index is 10.6. The standard InChI is InChI=1S/C10H12O4/c1-2-14-6-7-4-3-5-8(9(7)11)10(12)13/h3-5,11H,2,6H2,1H3,(H,12,13). The monoisotopic (exact) mass is 196 g/mol. The third kappa shape index (κ3) is 2.23. The Hall–Kier alpha value is -1.55. The highest BCUT2D eigenvalue weighted by Crippen LogP contribution is 2.22. The summed E-state index contributed by atoms with van der Waals surface area (Å²) in [5.74, 6) is -1.35. The van der Waals surface area contributed by atoms with Crippen LogP contribution in [0.25, 0.3) is 0 Å². The van der Waals surface area contributed by atoms with Crippen LogP contribution in [-0.4, -0.2) is 22.8 Å². The van der Waals surface area contributed by atoms with E-state index in [1.54, 1.807) is 12.1 Å². The topological polar surface area (TPSA) is 66.8 Å². The van der Waals surface area contributed by atoms with Gasteiger partial charge in [-0.2, -0.15) is 0 Å². The van der Waals surface area contributed by atoms with Gasteiger partial charge in [-0.3, -0.25) is 0 Å². The van der Waals surface area contributed by atoms with E-state index < -0.39 is 5.97 Å². The van der Waals surface area contributed by atoms with Crippen molar-refractivity contribution in [2.75, 3.05) is 6.61 Å². The Morgan fingerprint density at radius 3 is 2.79 bits per heavy atom. The fourth-order valence-electron chi connectivity index (χ4n) is 1.09. The molecule has 0 spiro atoms. The summed E-state index contributed by atoms with van der Waals surface area (Å²) in [5.41, 5.74) is 0.397. The van der Waals surface area contributed by atoms with Gasteiger partial charge in [0, 0.05) is 12.2 Å². The Labute approximate surface area is 81.8 Å². The second kappa shape index (κ2) is 4.62. The molecule has 0 aliphatic carbocycles. The number of carboxylic acids is 1. The molecule has 0 bridgehead atoms. The second-order valence-corrected chi connectivity index (χ2v) is 2.76. The Morgan fingerprint density at radius 1 is 1.50 bits per heavy atom. The quantitative estimate of drug-likeness (QED) is 0.768. The first-order valence-corrected chi connectivity index (χ1v) is 4.28. The van der Waals surface area contributed by atoms with E-state index in [1.807, 2.05) is 6.92 Å². The zero-order chi connectivity index (χ0) is 10.6. The zero-order valence-corrected chi connectivity index (χ0v) is 7.86. The van der Waals surface area contributed by atoms with Crippen LogP contribution >= 0.6 is 0 Å². The molecule has 14 heavy (non-hydrogen) atoms. The molecule has 0 aromatic heterocycles. The summed E-state index contributed by atoms with van der Waals surface area (Å²) in [4.78, 5) is 10.6. The Morgan fingerprint density at radius 2 is 2.21 bits per heavy atom. The normalized spacial score (nSPS) is 10.1. The summed E-state index contributed by atoms with van der Waals surface area (Å²) in [7, 11) is 0. The number of rotatable bonds is 4. The van der Waals surface area contributed by atoms with Crippen molar-refractivity contribution in [2.24, 2.45) is 0 Å². The average molecular weight is 196 g/mol. The summed E-state index contributed by atoms with van der Waals surface area (Å²) in [6, 6.07) is 4.57. The Bertz CT molecular complexity index is 333. The van der Waals surface area contributed by atoms with E-state index in [-0.39, 0.29) is 17.9 Å². The lowest BCUT2D eigenvalue weighted by atomic mass is 10.1. The summed E-state index contributed by atoms with van der Waals surface area (Å²) >= 11 is 0. The minimum atomic E-state index is -1.14. The van der Waals surface area contributed by atoms with Crippen LogP contribution in [0.2, 0.25) is 0 Å². The fraction of sp³-hybridized carbons (Fsp3) is 0.300. The molecule has 0 atom stereocenters. The molecule has 0 heterocycles. The minimum absolute atomic E-state index is 0.0952. The van der Waals surface area contributed by atoms with E-state index in [2.05, 4.69) is 0 Å². The molecule has 2 N–H and O–H groups in total. The highest BCUT2D eigenvalue weighted by Gasteiger charge is 2.12. The maximum absolute atomic E-state index is 10.6. The molecule has 1 aromatic rings. The first-order valence-electron chi connectivity index (χ1n) is 4.28. The fourth-order valence-corrected chi connectivity index (χ4v) is 1.09. The molecule has 1 rings (SSSR count). The second-order valence-electron chi connectivity index (χ2n) is 2.76. The van der Waals surface area contributed by atoms with Crippen molar-refractivity contribution < 1.29 is 19.7 Å². The summed E-state index contributed by atoms with van der Waals surface area (Å²) in [6.07, 6.45) is 0. The molecule has 0 amide bonds. The van der Waals surface area contributed by atoms with Crippen LogP contribution < -0.4 is 0 Å². The van der Waals surface area contributed by atoms with E-state index in [9.17, 15) is 9.90 Å². The largest absolute Gasteiger partial charge is 0.507 e. The summed E-state index contributed by atoms with van der Waals surface area (Å²) < 4.78 is 5.08. The van der Waals surface area contributed by atoms with Crippen LogP contribution in [0.5, 0.6) is 5.75 Å². The molecule has 0 aliphatic rings. The molecule has 76 valence electrons. The highest BCUT2D eigenvalue weighted by molar-refractivity contribution is 5.91. The van der Waals surface area contributed by atoms with Gasteiger partial charge in [0.2, 0.25) is 0 Å². The predicted molar refractivity (Wildman–Crippen MR) is 50.4 cm³/mol. The van der Waals surface area contributed by atoms with Gasteiger partial charge in [-0.05, 0) is 13.0 Å². The third-order valence-electron chi connectivity index (χ3n) is 1.81. The highest BCUT2D eigenvalue weighted by atomic mass is 16.5. The lowest BCUT2D eigenvalue weighted by Crippen LogP contribution is -2.00. The smallest absolute Gasteiger partial charge is 0.339 e. The van der Waals surface area contributed by atoms with Crippen molar-refractivity contribution in [3.05, 3.63) is 29.3 Å². The zero-order valence-electron chi connectivity index (χ0n) is 7.86. The van der Waals surface area contributed by atoms with E-state index in [0.717, 1.165) is 0 Å². The predicted octanol–water partition coefficient (Wildman–Crippen LogP) is 1.63. The molecular formula is C10H12O4. The van der Waals surface area contributed by atoms with Gasteiger partial charge in [-0.15, -0.1) is 0 Å². The minimum Gasteiger partial charge on any atom is -0.507 e. The maximum Gasteiger partial charge on any atom is 0.339 e. The third-order valence-corrected chi connectivity index (χ3v) is 1.81. The first-order chi connectivity index (χ1) is 6.66. The van der Waals surface area contributed by atoms with E-state index in [1.165, 1.54) is 6.07 Å². The molecule has 1 aromatic carbocycles. The van der Waals surface area contributed by atoms with Gasteiger partial charge in [0.1, 0.15) is 11.3 Å². The van der Waals surface area contributed by atoms with Gasteiger partial charge in [0.25, 0.3) is 0 Å². The van der Waals surface area contributed by atoms with Gasteiger partial charge in [0.05, 0.1) is 6.61 Å². The molecule has 0 fully saturated rings. The van der Waals surface area contributed by atoms with Gasteiger partial charge < -0.3 is 14.9 Å². The van der Waals surface area contributed by atoms with E-state index in [4.69, 9.17) is 9.84 Å². The number of hydrogen-bond acceptors (Lipinski definition) is 3. The van der Waals surface area contributed by atoms with Crippen LogP contribution in [-0.2, 0) is 11.3 Å². The number of aromatic hydroxyl groups is 1. The van der Waals surface area contributed by atoms with Gasteiger partial charge in [-0.25, -0.2) is 4.79 Å². The summed E-state index contributed by atoms with van der Waals surface area (Å²) in [6.45, 7) is 2.58. The van der Waals surface area contributed by atoms with Crippen molar-refractivity contribution in [2.45, 2.75) is 13.5 Å². The number of carbonyl (C=O) groups is 1. The lowest BCUT2D eigenvalue weighted by Gasteiger charge is -2.06. The van der Waals surface area contributed by atoms with Crippen molar-refractivity contribution in [3.8, 4) is 5.75 Å². The molecule has 0 radical (unpaired) electrons. The van der Waals surface area contributed by atoms with Crippen molar-refractivity contribution >= 4 is 5.97 Å². The van der Waals surface area contributed by atoms with Gasteiger partial charge >= 0.3 is 5.97 Å². The van der Waals surface area contributed by atoms with Gasteiger partial charge in [-0.1, -0.05) is 12.1 Å². The average Bonchev–Trinajstić information content (AvgIpc) is 2.16. The van der Waals surface area contributed by atoms with Crippen LogP contribution in [0, 0.1) is 0 Å². The Kier molecular flexibility index (Phi) is 3.48. The molecule has 4 nitrogen and oxygen atoms in total. The SMILES string of the molecule is CCOCc1cccc(C(=O)O)c1O. The molecule has 0 saturated carbocycles. The van der Waals surface area contributed by atoms with E-state index in [0.29, 0.717) is 12.2 Å². The Balaban J connectivity index is 2.95. The number of ether oxygens (including phenoxy) is 1. The van der Waals surface area contributed by atoms with E-state index >= 15 is 0 Å². The molecular weight excluding hydrogens is 184 g/mol. The molecule has 4 heteroatoms. The number of benzene rings is 1. The van der Waals surface area contributed by atoms with Crippen molar-refractivity contribution in [1.29, 1.82) is 0 Å². The van der Waals surface area contributed by atoms with Crippen LogP contribution in [0.3, 0.4) is 0 Å². The van der Waals surface area contributed by atoms with Gasteiger partial charge in [0.15, 0.2) is 0 Å². The van der Waals surface area contributed by atoms with Crippen LogP contribution in [0.1, 0.15) is 22.8 Å². The molecule has 0 unspecified atom stereocenters. The summed E-state index contributed by atoms with van der Waals surface area (Å²) in [5, 5.41) is 18.2. The van der Waals surface area contributed by atoms with Crippen molar-refractivity contribution in [3.63, 3.8) is 0 Å². The molecule has 0 aliphatic heterocycles. The number of phenols is 1. The first kappa shape index (κ1) is 10.5. The number of aromatic carboxylic acids is 1. The van der Waals surface area contributed by atoms with Crippen LogP contribution in [0.4, 0.5) is 0 Å². The number of carboxylic acid groups (broad SMARTS) is 1. The number of hydrogen-bond donors (Lipinski definition) is 2. The molecule has 0 saturated heterocycles. The van der Waals surface area contributed by atoms with Crippen molar-refractivity contribution in [1.82, 2.24) is 0 Å².